The van der Waals surface area contributed by atoms with Crippen LogP contribution in [0, 0.1) is 13.8 Å². The Labute approximate surface area is 139 Å². The molecule has 3 aromatic heterocycles. The summed E-state index contributed by atoms with van der Waals surface area (Å²) in [7, 11) is 1.84. The molecule has 1 amide bonds. The van der Waals surface area contributed by atoms with Gasteiger partial charge >= 0.3 is 0 Å². The number of carbonyl (C=O) groups excluding carboxylic acids is 1. The van der Waals surface area contributed by atoms with Gasteiger partial charge in [0.05, 0.1) is 21.8 Å². The first kappa shape index (κ1) is 15.4. The van der Waals surface area contributed by atoms with Gasteiger partial charge in [-0.15, -0.1) is 11.3 Å². The van der Waals surface area contributed by atoms with Crippen LogP contribution in [0.5, 0.6) is 0 Å². The van der Waals surface area contributed by atoms with Gasteiger partial charge in [-0.2, -0.15) is 5.10 Å². The van der Waals surface area contributed by atoms with E-state index in [-0.39, 0.29) is 5.91 Å². The summed E-state index contributed by atoms with van der Waals surface area (Å²) in [6.07, 6.45) is 1.77. The molecular weight excluding hydrogens is 308 g/mol. The van der Waals surface area contributed by atoms with E-state index in [0.717, 1.165) is 27.5 Å². The predicted molar refractivity (Wildman–Crippen MR) is 91.4 cm³/mol. The number of rotatable bonds is 4. The van der Waals surface area contributed by atoms with Gasteiger partial charge in [0.25, 0.3) is 5.91 Å². The van der Waals surface area contributed by atoms with Crippen molar-refractivity contribution < 1.29 is 4.79 Å². The van der Waals surface area contributed by atoms with Crippen molar-refractivity contribution >= 4 is 17.2 Å². The Hall–Kier alpha value is -2.47. The van der Waals surface area contributed by atoms with Gasteiger partial charge in [-0.3, -0.25) is 14.5 Å². The first-order valence-corrected chi connectivity index (χ1v) is 8.21. The normalized spacial score (nSPS) is 10.7. The average Bonchev–Trinajstić information content (AvgIpc) is 3.15. The van der Waals surface area contributed by atoms with Crippen molar-refractivity contribution in [2.24, 2.45) is 7.05 Å². The molecule has 1 N–H and O–H groups in total. The van der Waals surface area contributed by atoms with Crippen LogP contribution in [0.2, 0.25) is 0 Å². The van der Waals surface area contributed by atoms with Crippen molar-refractivity contribution in [1.82, 2.24) is 20.1 Å². The van der Waals surface area contributed by atoms with Crippen molar-refractivity contribution in [3.63, 3.8) is 0 Å². The summed E-state index contributed by atoms with van der Waals surface area (Å²) in [6.45, 7) is 4.22. The van der Waals surface area contributed by atoms with Gasteiger partial charge in [0.1, 0.15) is 0 Å². The fraction of sp³-hybridized carbons (Fsp3) is 0.235. The predicted octanol–water partition coefficient (Wildman–Crippen LogP) is 3.09. The number of pyridine rings is 1. The zero-order chi connectivity index (χ0) is 16.4. The molecule has 6 heteroatoms. The van der Waals surface area contributed by atoms with Crippen LogP contribution in [0.4, 0.5) is 0 Å². The van der Waals surface area contributed by atoms with Gasteiger partial charge in [-0.25, -0.2) is 0 Å². The molecule has 0 saturated carbocycles. The molecule has 0 radical (unpaired) electrons. The number of hydrogen-bond donors (Lipinski definition) is 1. The number of aromatic nitrogens is 3. The second-order valence-electron chi connectivity index (χ2n) is 5.38. The zero-order valence-corrected chi connectivity index (χ0v) is 14.1. The van der Waals surface area contributed by atoms with Crippen molar-refractivity contribution in [3.8, 4) is 10.6 Å². The number of hydrogen-bond acceptors (Lipinski definition) is 4. The van der Waals surface area contributed by atoms with Gasteiger partial charge in [-0.1, -0.05) is 6.07 Å². The van der Waals surface area contributed by atoms with Gasteiger partial charge in [0.15, 0.2) is 0 Å². The lowest BCUT2D eigenvalue weighted by atomic mass is 10.1. The van der Waals surface area contributed by atoms with Gasteiger partial charge < -0.3 is 5.32 Å². The van der Waals surface area contributed by atoms with E-state index in [0.29, 0.717) is 12.1 Å². The van der Waals surface area contributed by atoms with Crippen LogP contribution in [0.15, 0.2) is 35.8 Å². The summed E-state index contributed by atoms with van der Waals surface area (Å²) < 4.78 is 1.73. The van der Waals surface area contributed by atoms with Gasteiger partial charge in [-0.05, 0) is 43.0 Å². The maximum Gasteiger partial charge on any atom is 0.255 e. The fourth-order valence-electron chi connectivity index (χ4n) is 2.52. The third-order valence-electron chi connectivity index (χ3n) is 3.79. The summed E-state index contributed by atoms with van der Waals surface area (Å²) in [4.78, 5) is 17.9. The number of nitrogens with one attached hydrogen (secondary N) is 1. The van der Waals surface area contributed by atoms with Crippen LogP contribution < -0.4 is 5.32 Å². The molecule has 0 aliphatic heterocycles. The lowest BCUT2D eigenvalue weighted by Crippen LogP contribution is -2.24. The summed E-state index contributed by atoms with van der Waals surface area (Å²) in [5.74, 6) is -0.0948. The summed E-state index contributed by atoms with van der Waals surface area (Å²) in [5.41, 5.74) is 4.22. The molecule has 3 aromatic rings. The molecule has 0 unspecified atom stereocenters. The molecule has 0 atom stereocenters. The standard InChI is InChI=1S/C17H18N4OS/c1-11-16(12(2)21(3)20-11)17(22)19-10-13-6-7-18-14(9-13)15-5-4-8-23-15/h4-9H,10H2,1-3H3,(H,19,22). The minimum absolute atomic E-state index is 0.0948. The Kier molecular flexibility index (Phi) is 4.25. The average molecular weight is 326 g/mol. The molecule has 3 rings (SSSR count). The Bertz CT molecular complexity index is 836. The molecule has 0 fully saturated rings. The van der Waals surface area contributed by atoms with Crippen LogP contribution in [-0.2, 0) is 13.6 Å². The Morgan fingerprint density at radius 2 is 2.17 bits per heavy atom. The first-order chi connectivity index (χ1) is 11.1. The lowest BCUT2D eigenvalue weighted by Gasteiger charge is -2.07. The number of amides is 1. The van der Waals surface area contributed by atoms with E-state index >= 15 is 0 Å². The second-order valence-corrected chi connectivity index (χ2v) is 6.33. The molecule has 0 bridgehead atoms. The third-order valence-corrected chi connectivity index (χ3v) is 4.68. The summed E-state index contributed by atoms with van der Waals surface area (Å²) in [5, 5.41) is 9.28. The van der Waals surface area contributed by atoms with Crippen molar-refractivity contribution in [1.29, 1.82) is 0 Å². The highest BCUT2D eigenvalue weighted by molar-refractivity contribution is 7.13. The molecule has 118 valence electrons. The number of carbonyl (C=O) groups is 1. The summed E-state index contributed by atoms with van der Waals surface area (Å²) in [6, 6.07) is 7.97. The minimum Gasteiger partial charge on any atom is -0.348 e. The third kappa shape index (κ3) is 3.17. The molecule has 3 heterocycles. The lowest BCUT2D eigenvalue weighted by molar-refractivity contribution is 0.0949. The maximum absolute atomic E-state index is 12.4. The van der Waals surface area contributed by atoms with Crippen molar-refractivity contribution in [2.45, 2.75) is 20.4 Å². The van der Waals surface area contributed by atoms with E-state index in [1.807, 2.05) is 50.5 Å². The number of thiophene rings is 1. The van der Waals surface area contributed by atoms with E-state index in [4.69, 9.17) is 0 Å². The smallest absolute Gasteiger partial charge is 0.255 e. The van der Waals surface area contributed by atoms with E-state index < -0.39 is 0 Å². The highest BCUT2D eigenvalue weighted by Gasteiger charge is 2.16. The topological polar surface area (TPSA) is 59.8 Å². The van der Waals surface area contributed by atoms with Crippen LogP contribution >= 0.6 is 11.3 Å². The second kappa shape index (κ2) is 6.34. The molecule has 0 spiro atoms. The Morgan fingerprint density at radius 3 is 2.83 bits per heavy atom. The number of aryl methyl sites for hydroxylation is 2. The quantitative estimate of drug-likeness (QED) is 0.801. The van der Waals surface area contributed by atoms with E-state index in [1.54, 1.807) is 22.2 Å². The van der Waals surface area contributed by atoms with Crippen molar-refractivity contribution in [3.05, 3.63) is 58.4 Å². The SMILES string of the molecule is Cc1nn(C)c(C)c1C(=O)NCc1ccnc(-c2cccs2)c1. The maximum atomic E-state index is 12.4. The van der Waals surface area contributed by atoms with E-state index in [9.17, 15) is 4.79 Å². The monoisotopic (exact) mass is 326 g/mol. The molecule has 0 aromatic carbocycles. The molecule has 0 aliphatic rings. The van der Waals surface area contributed by atoms with Gasteiger partial charge in [0, 0.05) is 25.5 Å². The van der Waals surface area contributed by atoms with Crippen LogP contribution in [-0.4, -0.2) is 20.7 Å². The molecule has 5 nitrogen and oxygen atoms in total. The minimum atomic E-state index is -0.0948. The highest BCUT2D eigenvalue weighted by Crippen LogP contribution is 2.23. The fourth-order valence-corrected chi connectivity index (χ4v) is 3.21. The largest absolute Gasteiger partial charge is 0.348 e. The Balaban J connectivity index is 1.73. The van der Waals surface area contributed by atoms with Crippen molar-refractivity contribution in [2.75, 3.05) is 0 Å². The molecule has 0 aliphatic carbocycles. The molecular formula is C17H18N4OS. The Morgan fingerprint density at radius 1 is 1.35 bits per heavy atom. The highest BCUT2D eigenvalue weighted by atomic mass is 32.1. The van der Waals surface area contributed by atoms with E-state index in [2.05, 4.69) is 15.4 Å². The van der Waals surface area contributed by atoms with E-state index in [1.165, 1.54) is 0 Å². The summed E-state index contributed by atoms with van der Waals surface area (Å²) >= 11 is 1.65. The van der Waals surface area contributed by atoms with Crippen LogP contribution in [0.3, 0.4) is 0 Å². The number of nitrogens with zero attached hydrogens (tertiary/aromatic N) is 3. The first-order valence-electron chi connectivity index (χ1n) is 7.33. The zero-order valence-electron chi connectivity index (χ0n) is 13.3. The molecule has 0 saturated heterocycles. The van der Waals surface area contributed by atoms with Crippen LogP contribution in [0.1, 0.15) is 27.3 Å². The molecule has 23 heavy (non-hydrogen) atoms. The van der Waals surface area contributed by atoms with Crippen LogP contribution in [0.25, 0.3) is 10.6 Å². The van der Waals surface area contributed by atoms with Gasteiger partial charge in [0.2, 0.25) is 0 Å².